The molecule has 2 unspecified atom stereocenters. The Labute approximate surface area is 154 Å². The summed E-state index contributed by atoms with van der Waals surface area (Å²) >= 11 is 0. The van der Waals surface area contributed by atoms with Crippen molar-refractivity contribution in [2.75, 3.05) is 6.61 Å². The first-order chi connectivity index (χ1) is 12.6. The van der Waals surface area contributed by atoms with Crippen molar-refractivity contribution in [3.05, 3.63) is 47.3 Å². The van der Waals surface area contributed by atoms with Gasteiger partial charge in [-0.05, 0) is 56.7 Å². The lowest BCUT2D eigenvalue weighted by Gasteiger charge is -2.22. The number of aromatic nitrogens is 3. The first kappa shape index (κ1) is 17.3. The topological polar surface area (TPSA) is 60.2 Å². The highest BCUT2D eigenvalue weighted by molar-refractivity contribution is 5.41. The van der Waals surface area contributed by atoms with E-state index in [0.29, 0.717) is 18.2 Å². The van der Waals surface area contributed by atoms with Crippen molar-refractivity contribution in [1.82, 2.24) is 15.0 Å². The summed E-state index contributed by atoms with van der Waals surface area (Å²) in [6, 6.07) is 7.76. The number of ether oxygens (including phenoxy) is 1. The average molecular weight is 351 g/mol. The van der Waals surface area contributed by atoms with E-state index in [1.807, 2.05) is 30.5 Å². The molecule has 26 heavy (non-hydrogen) atoms. The van der Waals surface area contributed by atoms with Crippen LogP contribution < -0.4 is 0 Å². The van der Waals surface area contributed by atoms with E-state index in [1.54, 1.807) is 11.6 Å². The van der Waals surface area contributed by atoms with E-state index in [2.05, 4.69) is 22.2 Å². The van der Waals surface area contributed by atoms with Crippen molar-refractivity contribution in [2.45, 2.75) is 57.3 Å². The van der Waals surface area contributed by atoms with Crippen LogP contribution in [0.5, 0.6) is 0 Å². The number of benzene rings is 1. The van der Waals surface area contributed by atoms with Crippen LogP contribution in [0.3, 0.4) is 0 Å². The van der Waals surface area contributed by atoms with Crippen LogP contribution in [0, 0.1) is 17.8 Å². The van der Waals surface area contributed by atoms with Gasteiger partial charge in [0.25, 0.3) is 0 Å². The minimum Gasteiger partial charge on any atom is -0.379 e. The van der Waals surface area contributed by atoms with Crippen LogP contribution >= 0.6 is 0 Å². The van der Waals surface area contributed by atoms with Gasteiger partial charge >= 0.3 is 0 Å². The van der Waals surface area contributed by atoms with Crippen LogP contribution in [-0.2, 0) is 16.9 Å². The van der Waals surface area contributed by atoms with Gasteiger partial charge in [0.05, 0.1) is 18.8 Å². The Morgan fingerprint density at radius 3 is 2.96 bits per heavy atom. The minimum absolute atomic E-state index is 0.185. The molecule has 1 saturated carbocycles. The molecule has 5 heteroatoms. The van der Waals surface area contributed by atoms with E-state index >= 15 is 0 Å². The van der Waals surface area contributed by atoms with Gasteiger partial charge in [0, 0.05) is 18.1 Å². The Kier molecular flexibility index (Phi) is 4.80. The molecule has 5 nitrogen and oxygen atoms in total. The number of rotatable bonds is 4. The Bertz CT molecular complexity index is 821. The molecule has 1 aromatic heterocycles. The molecule has 0 spiro atoms. The van der Waals surface area contributed by atoms with Crippen molar-refractivity contribution in [3.63, 3.8) is 0 Å². The van der Waals surface area contributed by atoms with E-state index in [1.165, 1.54) is 19.3 Å². The summed E-state index contributed by atoms with van der Waals surface area (Å²) in [5, 5.41) is 19.5. The predicted molar refractivity (Wildman–Crippen MR) is 98.3 cm³/mol. The zero-order valence-electron chi connectivity index (χ0n) is 15.2. The Morgan fingerprint density at radius 2 is 2.19 bits per heavy atom. The standard InChI is InChI=1S/C21H25N3O2/c1-21(25,18-6-4-5-17(13-18)11-10-16-8-9-16)20-15-24(23-22-20)14-19-7-2-3-12-26-19/h4-6,13,15-16,19,25H,2-3,7-9,12,14H2,1H3. The molecular formula is C21H25N3O2. The fourth-order valence-electron chi connectivity index (χ4n) is 3.23. The molecule has 0 bridgehead atoms. The molecule has 1 saturated heterocycles. The van der Waals surface area contributed by atoms with Crippen molar-refractivity contribution in [3.8, 4) is 11.8 Å². The third-order valence-electron chi connectivity index (χ3n) is 5.12. The Hall–Kier alpha value is -2.16. The third kappa shape index (κ3) is 3.98. The summed E-state index contributed by atoms with van der Waals surface area (Å²) in [6.45, 7) is 3.25. The zero-order chi connectivity index (χ0) is 18.0. The SMILES string of the molecule is CC(O)(c1cccc(C#CC2CC2)c1)c1cn(CC2CCCCO2)nn1. The van der Waals surface area contributed by atoms with Gasteiger partial charge in [-0.1, -0.05) is 29.2 Å². The molecule has 1 N–H and O–H groups in total. The smallest absolute Gasteiger partial charge is 0.132 e. The molecule has 1 aliphatic carbocycles. The molecule has 2 fully saturated rings. The first-order valence-electron chi connectivity index (χ1n) is 9.48. The maximum Gasteiger partial charge on any atom is 0.132 e. The van der Waals surface area contributed by atoms with Gasteiger partial charge in [0.15, 0.2) is 0 Å². The van der Waals surface area contributed by atoms with Gasteiger partial charge in [-0.2, -0.15) is 0 Å². The highest BCUT2D eigenvalue weighted by Gasteiger charge is 2.30. The van der Waals surface area contributed by atoms with Crippen LogP contribution in [0.1, 0.15) is 55.8 Å². The fourth-order valence-corrected chi connectivity index (χ4v) is 3.23. The fraction of sp³-hybridized carbons (Fsp3) is 0.524. The molecule has 1 aromatic carbocycles. The second-order valence-electron chi connectivity index (χ2n) is 7.51. The van der Waals surface area contributed by atoms with E-state index < -0.39 is 5.60 Å². The monoisotopic (exact) mass is 351 g/mol. The molecular weight excluding hydrogens is 326 g/mol. The second kappa shape index (κ2) is 7.22. The summed E-state index contributed by atoms with van der Waals surface area (Å²) in [5.74, 6) is 7.03. The van der Waals surface area contributed by atoms with E-state index in [9.17, 15) is 5.11 Å². The third-order valence-corrected chi connectivity index (χ3v) is 5.12. The first-order valence-corrected chi connectivity index (χ1v) is 9.48. The van der Waals surface area contributed by atoms with Gasteiger partial charge in [0.1, 0.15) is 11.3 Å². The molecule has 1 aliphatic heterocycles. The van der Waals surface area contributed by atoms with Crippen molar-refractivity contribution >= 4 is 0 Å². The van der Waals surface area contributed by atoms with Gasteiger partial charge in [-0.25, -0.2) is 4.68 Å². The zero-order valence-corrected chi connectivity index (χ0v) is 15.2. The highest BCUT2D eigenvalue weighted by Crippen LogP contribution is 2.29. The quantitative estimate of drug-likeness (QED) is 0.861. The van der Waals surface area contributed by atoms with E-state index in [-0.39, 0.29) is 6.10 Å². The predicted octanol–water partition coefficient (Wildman–Crippen LogP) is 2.86. The minimum atomic E-state index is -1.21. The second-order valence-corrected chi connectivity index (χ2v) is 7.51. The summed E-state index contributed by atoms with van der Waals surface area (Å²) < 4.78 is 7.54. The van der Waals surface area contributed by atoms with Crippen LogP contribution in [0.15, 0.2) is 30.5 Å². The maximum atomic E-state index is 11.1. The van der Waals surface area contributed by atoms with Gasteiger partial charge in [0.2, 0.25) is 0 Å². The molecule has 2 aromatic rings. The number of hydrogen-bond donors (Lipinski definition) is 1. The lowest BCUT2D eigenvalue weighted by Crippen LogP contribution is -2.25. The van der Waals surface area contributed by atoms with Crippen LogP contribution in [0.25, 0.3) is 0 Å². The number of nitrogens with zero attached hydrogens (tertiary/aromatic N) is 3. The summed E-state index contributed by atoms with van der Waals surface area (Å²) in [7, 11) is 0. The van der Waals surface area contributed by atoms with Gasteiger partial charge < -0.3 is 9.84 Å². The molecule has 2 aliphatic rings. The van der Waals surface area contributed by atoms with Gasteiger partial charge in [-0.15, -0.1) is 5.10 Å². The highest BCUT2D eigenvalue weighted by atomic mass is 16.5. The van der Waals surface area contributed by atoms with Crippen LogP contribution in [0.4, 0.5) is 0 Å². The van der Waals surface area contributed by atoms with Crippen molar-refractivity contribution in [1.29, 1.82) is 0 Å². The van der Waals surface area contributed by atoms with Gasteiger partial charge in [-0.3, -0.25) is 0 Å². The largest absolute Gasteiger partial charge is 0.379 e. The molecule has 0 radical (unpaired) electrons. The Morgan fingerprint density at radius 1 is 1.31 bits per heavy atom. The molecule has 0 amide bonds. The normalized spacial score (nSPS) is 22.3. The summed E-state index contributed by atoms with van der Waals surface area (Å²) in [4.78, 5) is 0. The lowest BCUT2D eigenvalue weighted by atomic mass is 9.92. The number of aliphatic hydroxyl groups is 1. The Balaban J connectivity index is 1.51. The summed E-state index contributed by atoms with van der Waals surface area (Å²) in [5.41, 5.74) is 1.04. The van der Waals surface area contributed by atoms with Crippen molar-refractivity contribution < 1.29 is 9.84 Å². The van der Waals surface area contributed by atoms with E-state index in [4.69, 9.17) is 4.74 Å². The molecule has 4 rings (SSSR count). The van der Waals surface area contributed by atoms with E-state index in [0.717, 1.165) is 30.6 Å². The van der Waals surface area contributed by atoms with Crippen LogP contribution in [0.2, 0.25) is 0 Å². The summed E-state index contributed by atoms with van der Waals surface area (Å²) in [6.07, 6.45) is 7.79. The van der Waals surface area contributed by atoms with Crippen molar-refractivity contribution in [2.24, 2.45) is 5.92 Å². The lowest BCUT2D eigenvalue weighted by molar-refractivity contribution is 0.00366. The molecule has 2 heterocycles. The number of hydrogen-bond acceptors (Lipinski definition) is 4. The average Bonchev–Trinajstić information content (AvgIpc) is 3.37. The molecule has 2 atom stereocenters. The maximum absolute atomic E-state index is 11.1. The molecule has 136 valence electrons. The van der Waals surface area contributed by atoms with Crippen LogP contribution in [-0.4, -0.2) is 32.8 Å².